The van der Waals surface area contributed by atoms with Gasteiger partial charge in [-0.15, -0.1) is 0 Å². The van der Waals surface area contributed by atoms with Crippen molar-refractivity contribution >= 4 is 12.6 Å². The molecule has 104 valence electrons. The van der Waals surface area contributed by atoms with E-state index in [0.29, 0.717) is 11.0 Å². The van der Waals surface area contributed by atoms with Gasteiger partial charge in [0, 0.05) is 5.46 Å². The van der Waals surface area contributed by atoms with Gasteiger partial charge in [-0.3, -0.25) is 0 Å². The molecule has 0 unspecified atom stereocenters. The lowest BCUT2D eigenvalue weighted by atomic mass is 9.77. The third-order valence-electron chi connectivity index (χ3n) is 4.19. The van der Waals surface area contributed by atoms with Crippen LogP contribution in [-0.4, -0.2) is 18.3 Å². The van der Waals surface area contributed by atoms with Gasteiger partial charge < -0.3 is 9.31 Å². The average molecular weight is 264 g/mol. The van der Waals surface area contributed by atoms with E-state index in [2.05, 4.69) is 0 Å². The van der Waals surface area contributed by atoms with Crippen LogP contribution in [0.15, 0.2) is 18.2 Å². The molecule has 4 heteroatoms. The third kappa shape index (κ3) is 2.44. The van der Waals surface area contributed by atoms with Crippen LogP contribution in [0.2, 0.25) is 0 Å². The number of benzene rings is 1. The lowest BCUT2D eigenvalue weighted by molar-refractivity contribution is 0.00578. The van der Waals surface area contributed by atoms with Crippen molar-refractivity contribution in [3.05, 3.63) is 29.6 Å². The van der Waals surface area contributed by atoms with Crippen molar-refractivity contribution in [2.24, 2.45) is 0 Å². The van der Waals surface area contributed by atoms with Crippen LogP contribution in [0.4, 0.5) is 4.39 Å². The standard InChI is InChI=1S/C15H22BFO2/c1-10(2)11-8-7-9-12(13(11)17)16-18-14(3,4)15(5,6)19-16/h7-10H,1-6H3. The van der Waals surface area contributed by atoms with E-state index in [1.165, 1.54) is 0 Å². The molecule has 0 N–H and O–H groups in total. The van der Waals surface area contributed by atoms with Crippen LogP contribution < -0.4 is 5.46 Å². The van der Waals surface area contributed by atoms with Gasteiger partial charge in [0.15, 0.2) is 0 Å². The van der Waals surface area contributed by atoms with Gasteiger partial charge in [0.05, 0.1) is 11.2 Å². The number of hydrogen-bond acceptors (Lipinski definition) is 2. The summed E-state index contributed by atoms with van der Waals surface area (Å²) in [7, 11) is -0.635. The van der Waals surface area contributed by atoms with Crippen molar-refractivity contribution in [2.45, 2.75) is 58.7 Å². The van der Waals surface area contributed by atoms with Gasteiger partial charge in [0.25, 0.3) is 0 Å². The van der Waals surface area contributed by atoms with E-state index in [-0.39, 0.29) is 11.7 Å². The molecule has 1 aromatic rings. The minimum absolute atomic E-state index is 0.141. The maximum Gasteiger partial charge on any atom is 0.497 e. The van der Waals surface area contributed by atoms with E-state index in [1.807, 2.05) is 53.7 Å². The fourth-order valence-electron chi connectivity index (χ4n) is 2.17. The van der Waals surface area contributed by atoms with E-state index in [9.17, 15) is 4.39 Å². The fourth-order valence-corrected chi connectivity index (χ4v) is 2.17. The van der Waals surface area contributed by atoms with Gasteiger partial charge in [-0.2, -0.15) is 0 Å². The summed E-state index contributed by atoms with van der Waals surface area (Å²) in [6.45, 7) is 11.8. The Morgan fingerprint density at radius 2 is 1.58 bits per heavy atom. The van der Waals surface area contributed by atoms with Gasteiger partial charge >= 0.3 is 7.12 Å². The van der Waals surface area contributed by atoms with Crippen molar-refractivity contribution < 1.29 is 13.7 Å². The predicted octanol–water partition coefficient (Wildman–Crippen LogP) is 3.25. The molecule has 0 spiro atoms. The lowest BCUT2D eigenvalue weighted by Gasteiger charge is -2.32. The van der Waals surface area contributed by atoms with Gasteiger partial charge in [0.1, 0.15) is 5.82 Å². The van der Waals surface area contributed by atoms with Crippen molar-refractivity contribution in [3.63, 3.8) is 0 Å². The van der Waals surface area contributed by atoms with Gasteiger partial charge in [0.2, 0.25) is 0 Å². The summed E-state index contributed by atoms with van der Waals surface area (Å²) < 4.78 is 26.3. The van der Waals surface area contributed by atoms with E-state index in [1.54, 1.807) is 6.07 Å². The van der Waals surface area contributed by atoms with E-state index < -0.39 is 18.3 Å². The highest BCUT2D eigenvalue weighted by Crippen LogP contribution is 2.36. The molecule has 0 atom stereocenters. The third-order valence-corrected chi connectivity index (χ3v) is 4.19. The molecular formula is C15H22BFO2. The summed E-state index contributed by atoms with van der Waals surface area (Å²) in [5, 5.41) is 0. The monoisotopic (exact) mass is 264 g/mol. The molecule has 0 aliphatic carbocycles. The van der Waals surface area contributed by atoms with Gasteiger partial charge in [-0.05, 0) is 39.2 Å². The minimum Gasteiger partial charge on any atom is -0.399 e. The summed E-state index contributed by atoms with van der Waals surface area (Å²) in [5.74, 6) is -0.0710. The first-order valence-electron chi connectivity index (χ1n) is 6.79. The minimum atomic E-state index is -0.635. The van der Waals surface area contributed by atoms with Crippen molar-refractivity contribution in [3.8, 4) is 0 Å². The molecule has 0 aromatic heterocycles. The summed E-state index contributed by atoms with van der Waals surface area (Å²) >= 11 is 0. The molecule has 0 saturated carbocycles. The lowest BCUT2D eigenvalue weighted by Crippen LogP contribution is -2.41. The number of halogens is 1. The quantitative estimate of drug-likeness (QED) is 0.763. The normalized spacial score (nSPS) is 21.2. The zero-order valence-corrected chi connectivity index (χ0v) is 12.6. The highest BCUT2D eigenvalue weighted by Gasteiger charge is 2.52. The van der Waals surface area contributed by atoms with Crippen molar-refractivity contribution in [2.75, 3.05) is 0 Å². The van der Waals surface area contributed by atoms with E-state index >= 15 is 0 Å². The molecule has 19 heavy (non-hydrogen) atoms. The van der Waals surface area contributed by atoms with Crippen LogP contribution in [0.25, 0.3) is 0 Å². The summed E-state index contributed by atoms with van der Waals surface area (Å²) in [6, 6.07) is 5.41. The predicted molar refractivity (Wildman–Crippen MR) is 76.2 cm³/mol. The molecule has 1 aliphatic heterocycles. The summed E-state index contributed by atoms with van der Waals surface area (Å²) in [5.41, 5.74) is 0.299. The average Bonchev–Trinajstić information content (AvgIpc) is 2.47. The van der Waals surface area contributed by atoms with E-state index in [0.717, 1.165) is 0 Å². The second kappa shape index (κ2) is 4.60. The van der Waals surface area contributed by atoms with Crippen molar-refractivity contribution in [1.29, 1.82) is 0 Å². The van der Waals surface area contributed by atoms with Crippen LogP contribution in [0, 0.1) is 5.82 Å². The van der Waals surface area contributed by atoms with E-state index in [4.69, 9.17) is 9.31 Å². The molecule has 1 saturated heterocycles. The first-order chi connectivity index (χ1) is 8.66. The largest absolute Gasteiger partial charge is 0.497 e. The molecule has 1 aromatic carbocycles. The van der Waals surface area contributed by atoms with Gasteiger partial charge in [-0.1, -0.05) is 32.0 Å². The first kappa shape index (κ1) is 14.5. The molecule has 0 radical (unpaired) electrons. The van der Waals surface area contributed by atoms with Crippen LogP contribution in [-0.2, 0) is 9.31 Å². The highest BCUT2D eigenvalue weighted by molar-refractivity contribution is 6.62. The fraction of sp³-hybridized carbons (Fsp3) is 0.600. The Morgan fingerprint density at radius 1 is 1.05 bits per heavy atom. The van der Waals surface area contributed by atoms with Gasteiger partial charge in [-0.25, -0.2) is 4.39 Å². The SMILES string of the molecule is CC(C)c1cccc(B2OC(C)(C)C(C)(C)O2)c1F. The maximum absolute atomic E-state index is 14.5. The molecule has 2 nitrogen and oxygen atoms in total. The molecule has 0 bridgehead atoms. The number of rotatable bonds is 2. The summed E-state index contributed by atoms with van der Waals surface area (Å²) in [6.07, 6.45) is 0. The van der Waals surface area contributed by atoms with Crippen LogP contribution >= 0.6 is 0 Å². The topological polar surface area (TPSA) is 18.5 Å². The highest BCUT2D eigenvalue weighted by atomic mass is 19.1. The first-order valence-corrected chi connectivity index (χ1v) is 6.79. The zero-order chi connectivity index (χ0) is 14.4. The molecule has 0 amide bonds. The van der Waals surface area contributed by atoms with Crippen LogP contribution in [0.5, 0.6) is 0 Å². The smallest absolute Gasteiger partial charge is 0.399 e. The summed E-state index contributed by atoms with van der Waals surface area (Å²) in [4.78, 5) is 0. The second-order valence-corrected chi connectivity index (χ2v) is 6.49. The van der Waals surface area contributed by atoms with Crippen LogP contribution in [0.3, 0.4) is 0 Å². The Bertz CT molecular complexity index is 467. The Balaban J connectivity index is 2.38. The molecule has 1 aliphatic rings. The zero-order valence-electron chi connectivity index (χ0n) is 12.6. The second-order valence-electron chi connectivity index (χ2n) is 6.49. The maximum atomic E-state index is 14.5. The molecule has 2 rings (SSSR count). The van der Waals surface area contributed by atoms with Crippen LogP contribution in [0.1, 0.15) is 53.0 Å². The number of hydrogen-bond donors (Lipinski definition) is 0. The molecular weight excluding hydrogens is 242 g/mol. The molecule has 1 fully saturated rings. The molecule has 1 heterocycles. The Hall–Kier alpha value is -0.865. The Labute approximate surface area is 115 Å². The Morgan fingerprint density at radius 3 is 2.05 bits per heavy atom. The Kier molecular flexibility index (Phi) is 3.52. The van der Waals surface area contributed by atoms with Crippen molar-refractivity contribution in [1.82, 2.24) is 0 Å².